The van der Waals surface area contributed by atoms with Crippen LogP contribution in [0, 0.1) is 24.6 Å². The zero-order chi connectivity index (χ0) is 15.0. The number of aliphatic hydroxyl groups excluding tert-OH is 1. The fourth-order valence-corrected chi connectivity index (χ4v) is 3.84. The third kappa shape index (κ3) is 3.12. The minimum absolute atomic E-state index is 0.111. The van der Waals surface area contributed by atoms with Crippen LogP contribution in [-0.4, -0.2) is 35.7 Å². The number of nitrogens with zero attached hydrogens (tertiary/aromatic N) is 1. The maximum Gasteiger partial charge on any atom is 0.126 e. The maximum absolute atomic E-state index is 13.6. The summed E-state index contributed by atoms with van der Waals surface area (Å²) in [7, 11) is 0. The molecule has 1 aromatic rings. The number of halogens is 1. The van der Waals surface area contributed by atoms with Gasteiger partial charge in [-0.15, -0.1) is 0 Å². The van der Waals surface area contributed by atoms with Crippen molar-refractivity contribution in [2.75, 3.05) is 19.6 Å². The van der Waals surface area contributed by atoms with Crippen LogP contribution in [0.2, 0.25) is 0 Å². The normalized spacial score (nSPS) is 30.6. The van der Waals surface area contributed by atoms with Crippen LogP contribution in [0.4, 0.5) is 4.39 Å². The fourth-order valence-electron chi connectivity index (χ4n) is 3.84. The number of aryl methyl sites for hydroxylation is 1. The molecule has 0 radical (unpaired) electrons. The number of hydrogen-bond donors (Lipinski definition) is 2. The van der Waals surface area contributed by atoms with Gasteiger partial charge >= 0.3 is 0 Å². The van der Waals surface area contributed by atoms with E-state index in [2.05, 4.69) is 4.90 Å². The molecule has 0 amide bonds. The summed E-state index contributed by atoms with van der Waals surface area (Å²) in [6.07, 6.45) is 2.83. The predicted molar refractivity (Wildman–Crippen MR) is 81.3 cm³/mol. The lowest BCUT2D eigenvalue weighted by Crippen LogP contribution is -2.28. The van der Waals surface area contributed by atoms with Crippen molar-refractivity contribution in [1.82, 2.24) is 4.90 Å². The molecule has 1 heterocycles. The molecule has 0 aromatic heterocycles. The van der Waals surface area contributed by atoms with Gasteiger partial charge in [0.25, 0.3) is 0 Å². The highest BCUT2D eigenvalue weighted by Crippen LogP contribution is 2.38. The summed E-state index contributed by atoms with van der Waals surface area (Å²) >= 11 is 0. The number of benzene rings is 1. The van der Waals surface area contributed by atoms with Crippen molar-refractivity contribution in [2.45, 2.75) is 38.3 Å². The van der Waals surface area contributed by atoms with Crippen LogP contribution < -0.4 is 5.73 Å². The number of fused-ring (bicyclic) bond motifs is 1. The third-order valence-electron chi connectivity index (χ3n) is 5.28. The van der Waals surface area contributed by atoms with Gasteiger partial charge in [0.15, 0.2) is 0 Å². The predicted octanol–water partition coefficient (Wildman–Crippen LogP) is 2.23. The molecule has 1 aliphatic heterocycles. The second-order valence-corrected chi connectivity index (χ2v) is 6.73. The molecule has 3 N–H and O–H groups in total. The molecule has 116 valence electrons. The lowest BCUT2D eigenvalue weighted by molar-refractivity contribution is 0.124. The summed E-state index contributed by atoms with van der Waals surface area (Å²) in [5.74, 6) is 0.938. The number of likely N-dealkylation sites (tertiary alicyclic amines) is 1. The molecule has 2 fully saturated rings. The van der Waals surface area contributed by atoms with Gasteiger partial charge in [0.1, 0.15) is 5.82 Å². The van der Waals surface area contributed by atoms with Crippen molar-refractivity contribution in [3.8, 4) is 0 Å². The van der Waals surface area contributed by atoms with Crippen LogP contribution >= 0.6 is 0 Å². The van der Waals surface area contributed by atoms with E-state index in [9.17, 15) is 9.50 Å². The van der Waals surface area contributed by atoms with Gasteiger partial charge in [-0.25, -0.2) is 4.39 Å². The van der Waals surface area contributed by atoms with Crippen molar-refractivity contribution in [3.63, 3.8) is 0 Å². The molecule has 4 atom stereocenters. The van der Waals surface area contributed by atoms with Crippen LogP contribution in [0.1, 0.15) is 36.4 Å². The van der Waals surface area contributed by atoms with Crippen molar-refractivity contribution >= 4 is 0 Å². The summed E-state index contributed by atoms with van der Waals surface area (Å²) in [4.78, 5) is 2.40. The molecular weight excluding hydrogens is 267 g/mol. The summed E-state index contributed by atoms with van der Waals surface area (Å²) in [5, 5.41) is 9.94. The van der Waals surface area contributed by atoms with Crippen LogP contribution in [0.5, 0.6) is 0 Å². The van der Waals surface area contributed by atoms with Crippen LogP contribution in [0.25, 0.3) is 0 Å². The summed E-state index contributed by atoms with van der Waals surface area (Å²) < 4.78 is 13.6. The molecule has 0 spiro atoms. The van der Waals surface area contributed by atoms with Gasteiger partial charge in [0, 0.05) is 25.0 Å². The largest absolute Gasteiger partial charge is 0.393 e. The van der Waals surface area contributed by atoms with E-state index in [1.165, 1.54) is 0 Å². The third-order valence-corrected chi connectivity index (χ3v) is 5.28. The number of hydrogen-bond acceptors (Lipinski definition) is 3. The Morgan fingerprint density at radius 2 is 2.19 bits per heavy atom. The van der Waals surface area contributed by atoms with Gasteiger partial charge in [0.05, 0.1) is 6.10 Å². The maximum atomic E-state index is 13.6. The van der Waals surface area contributed by atoms with Crippen LogP contribution in [0.15, 0.2) is 18.2 Å². The minimum atomic E-state index is -0.179. The second-order valence-electron chi connectivity index (χ2n) is 6.73. The molecule has 1 aliphatic carbocycles. The van der Waals surface area contributed by atoms with E-state index in [1.807, 2.05) is 6.07 Å². The highest BCUT2D eigenvalue weighted by atomic mass is 19.1. The average molecular weight is 292 g/mol. The van der Waals surface area contributed by atoms with Gasteiger partial charge in [-0.3, -0.25) is 0 Å². The smallest absolute Gasteiger partial charge is 0.126 e. The summed E-state index contributed by atoms with van der Waals surface area (Å²) in [5.41, 5.74) is 7.72. The van der Waals surface area contributed by atoms with Crippen molar-refractivity contribution in [3.05, 3.63) is 35.1 Å². The van der Waals surface area contributed by atoms with Gasteiger partial charge in [-0.1, -0.05) is 12.1 Å². The monoisotopic (exact) mass is 292 g/mol. The molecule has 3 rings (SSSR count). The van der Waals surface area contributed by atoms with Gasteiger partial charge in [0.2, 0.25) is 0 Å². The van der Waals surface area contributed by atoms with Gasteiger partial charge in [-0.05, 0) is 55.8 Å². The van der Waals surface area contributed by atoms with E-state index < -0.39 is 0 Å². The summed E-state index contributed by atoms with van der Waals surface area (Å²) in [6.45, 7) is 4.76. The minimum Gasteiger partial charge on any atom is -0.393 e. The molecule has 4 heteroatoms. The fraction of sp³-hybridized carbons (Fsp3) is 0.647. The van der Waals surface area contributed by atoms with Gasteiger partial charge < -0.3 is 15.7 Å². The van der Waals surface area contributed by atoms with E-state index in [-0.39, 0.29) is 18.0 Å². The Hall–Kier alpha value is -0.970. The molecule has 2 aliphatic rings. The van der Waals surface area contributed by atoms with Crippen molar-refractivity contribution in [1.29, 1.82) is 0 Å². The highest BCUT2D eigenvalue weighted by Gasteiger charge is 2.41. The van der Waals surface area contributed by atoms with Crippen molar-refractivity contribution in [2.24, 2.45) is 17.6 Å². The molecule has 0 bridgehead atoms. The van der Waals surface area contributed by atoms with E-state index in [0.717, 1.165) is 44.5 Å². The lowest BCUT2D eigenvalue weighted by Gasteiger charge is -2.20. The first-order valence-electron chi connectivity index (χ1n) is 7.96. The van der Waals surface area contributed by atoms with E-state index >= 15 is 0 Å². The second kappa shape index (κ2) is 6.03. The Labute approximate surface area is 125 Å². The topological polar surface area (TPSA) is 49.5 Å². The Balaban J connectivity index is 1.52. The van der Waals surface area contributed by atoms with Crippen LogP contribution in [0.3, 0.4) is 0 Å². The Morgan fingerprint density at radius 3 is 2.90 bits per heavy atom. The van der Waals surface area contributed by atoms with E-state index in [4.69, 9.17) is 5.73 Å². The first-order chi connectivity index (χ1) is 10.0. The zero-order valence-corrected chi connectivity index (χ0v) is 12.6. The SMILES string of the molecule is Cc1ccc(C(N)CCN2CC3CCC(O)C3C2)cc1F. The number of nitrogens with two attached hydrogens (primary N) is 1. The molecule has 4 unspecified atom stereocenters. The highest BCUT2D eigenvalue weighted by molar-refractivity contribution is 5.25. The summed E-state index contributed by atoms with van der Waals surface area (Å²) in [6, 6.07) is 5.15. The molecule has 3 nitrogen and oxygen atoms in total. The van der Waals surface area contributed by atoms with Crippen LogP contribution in [-0.2, 0) is 0 Å². The lowest BCUT2D eigenvalue weighted by atomic mass is 10.00. The van der Waals surface area contributed by atoms with Crippen molar-refractivity contribution < 1.29 is 9.50 Å². The zero-order valence-electron chi connectivity index (χ0n) is 12.6. The molecule has 1 saturated heterocycles. The van der Waals surface area contributed by atoms with Gasteiger partial charge in [-0.2, -0.15) is 0 Å². The number of rotatable bonds is 4. The Bertz CT molecular complexity index is 508. The molecule has 21 heavy (non-hydrogen) atoms. The molecule has 1 aromatic carbocycles. The first-order valence-corrected chi connectivity index (χ1v) is 7.96. The quantitative estimate of drug-likeness (QED) is 0.894. The standard InChI is InChI=1S/C17H25FN2O/c1-11-2-3-12(8-15(11)18)16(19)6-7-20-9-13-4-5-17(21)14(13)10-20/h2-3,8,13-14,16-17,21H,4-7,9-10,19H2,1H3. The van der Waals surface area contributed by atoms with E-state index in [1.54, 1.807) is 19.1 Å². The molecule has 1 saturated carbocycles. The first kappa shape index (κ1) is 14.9. The average Bonchev–Trinajstić information content (AvgIpc) is 3.01. The Morgan fingerprint density at radius 1 is 1.38 bits per heavy atom. The Kier molecular flexibility index (Phi) is 4.29. The molecular formula is C17H25FN2O. The number of aliphatic hydroxyl groups is 1. The van der Waals surface area contributed by atoms with E-state index in [0.29, 0.717) is 17.4 Å².